The highest BCUT2D eigenvalue weighted by Crippen LogP contribution is 2.55. The van der Waals surface area contributed by atoms with Gasteiger partial charge in [0.2, 0.25) is 0 Å². The molecule has 0 bridgehead atoms. The fraction of sp³-hybridized carbons (Fsp3) is 0.750. The SMILES string of the molecule is C=C1CCC=C(C)CCC2C(C(C)(C)O)CCC2(C)CC1=O. The van der Waals surface area contributed by atoms with Crippen LogP contribution in [0.4, 0.5) is 0 Å². The number of ketones is 1. The standard InChI is InChI=1S/C20H32O2/c1-14-7-6-8-15(2)18(21)13-20(5)12-11-16(19(3,4)22)17(20)10-9-14/h7,16-17,22H,2,6,8-13H2,1,3-5H3. The third kappa shape index (κ3) is 3.71. The summed E-state index contributed by atoms with van der Waals surface area (Å²) >= 11 is 0. The van der Waals surface area contributed by atoms with Gasteiger partial charge in [0.15, 0.2) is 5.78 Å². The molecule has 0 aliphatic heterocycles. The van der Waals surface area contributed by atoms with Crippen molar-refractivity contribution in [2.24, 2.45) is 17.3 Å². The number of hydrogen-bond acceptors (Lipinski definition) is 2. The number of carbonyl (C=O) groups excluding carboxylic acids is 1. The molecule has 3 atom stereocenters. The lowest BCUT2D eigenvalue weighted by Crippen LogP contribution is -2.38. The van der Waals surface area contributed by atoms with Crippen molar-refractivity contribution in [1.29, 1.82) is 0 Å². The second-order valence-electron chi connectivity index (χ2n) is 8.39. The van der Waals surface area contributed by atoms with Crippen molar-refractivity contribution in [3.05, 3.63) is 23.8 Å². The summed E-state index contributed by atoms with van der Waals surface area (Å²) in [5, 5.41) is 10.6. The molecule has 2 aliphatic rings. The summed E-state index contributed by atoms with van der Waals surface area (Å²) in [6, 6.07) is 0. The van der Waals surface area contributed by atoms with Gasteiger partial charge < -0.3 is 5.11 Å². The van der Waals surface area contributed by atoms with Crippen LogP contribution in [0.3, 0.4) is 0 Å². The molecule has 2 aliphatic carbocycles. The van der Waals surface area contributed by atoms with Crippen molar-refractivity contribution in [2.75, 3.05) is 0 Å². The van der Waals surface area contributed by atoms with Crippen molar-refractivity contribution < 1.29 is 9.90 Å². The molecule has 0 spiro atoms. The third-order valence-corrected chi connectivity index (χ3v) is 6.06. The van der Waals surface area contributed by atoms with Crippen LogP contribution >= 0.6 is 0 Å². The summed E-state index contributed by atoms with van der Waals surface area (Å²) in [5.41, 5.74) is 1.53. The molecule has 2 rings (SSSR count). The minimum Gasteiger partial charge on any atom is -0.390 e. The van der Waals surface area contributed by atoms with Crippen molar-refractivity contribution >= 4 is 5.78 Å². The van der Waals surface area contributed by atoms with Gasteiger partial charge in [-0.1, -0.05) is 25.2 Å². The Morgan fingerprint density at radius 2 is 2.00 bits per heavy atom. The lowest BCUT2D eigenvalue weighted by Gasteiger charge is -2.38. The predicted octanol–water partition coefficient (Wildman–Crippen LogP) is 4.83. The molecule has 3 unspecified atom stereocenters. The van der Waals surface area contributed by atoms with E-state index in [1.807, 2.05) is 13.8 Å². The van der Waals surface area contributed by atoms with Gasteiger partial charge in [0, 0.05) is 6.42 Å². The van der Waals surface area contributed by atoms with Gasteiger partial charge in [-0.25, -0.2) is 0 Å². The number of allylic oxidation sites excluding steroid dienone is 3. The minimum absolute atomic E-state index is 0.00924. The number of hydrogen-bond donors (Lipinski definition) is 1. The van der Waals surface area contributed by atoms with E-state index in [1.165, 1.54) is 5.57 Å². The number of fused-ring (bicyclic) bond motifs is 1. The van der Waals surface area contributed by atoms with E-state index in [-0.39, 0.29) is 17.1 Å². The highest BCUT2D eigenvalue weighted by molar-refractivity contribution is 5.95. The first-order valence-electron chi connectivity index (χ1n) is 8.72. The van der Waals surface area contributed by atoms with Crippen LogP contribution in [0.2, 0.25) is 0 Å². The molecule has 2 heteroatoms. The average Bonchev–Trinajstić information content (AvgIpc) is 2.71. The molecule has 0 heterocycles. The predicted molar refractivity (Wildman–Crippen MR) is 91.6 cm³/mol. The number of rotatable bonds is 1. The van der Waals surface area contributed by atoms with Gasteiger partial charge in [-0.15, -0.1) is 0 Å². The molecule has 124 valence electrons. The van der Waals surface area contributed by atoms with Gasteiger partial charge >= 0.3 is 0 Å². The lowest BCUT2D eigenvalue weighted by atomic mass is 9.68. The third-order valence-electron chi connectivity index (χ3n) is 6.06. The highest BCUT2D eigenvalue weighted by atomic mass is 16.3. The van der Waals surface area contributed by atoms with Gasteiger partial charge in [0.25, 0.3) is 0 Å². The monoisotopic (exact) mass is 304 g/mol. The van der Waals surface area contributed by atoms with Crippen LogP contribution in [0.25, 0.3) is 0 Å². The van der Waals surface area contributed by atoms with Gasteiger partial charge in [0.05, 0.1) is 5.60 Å². The number of carbonyl (C=O) groups is 1. The maximum atomic E-state index is 12.5. The fourth-order valence-electron chi connectivity index (χ4n) is 4.58. The van der Waals surface area contributed by atoms with E-state index in [0.29, 0.717) is 12.3 Å². The van der Waals surface area contributed by atoms with E-state index in [4.69, 9.17) is 0 Å². The van der Waals surface area contributed by atoms with E-state index < -0.39 is 5.60 Å². The van der Waals surface area contributed by atoms with Crippen LogP contribution in [-0.2, 0) is 4.79 Å². The summed E-state index contributed by atoms with van der Waals surface area (Å²) in [7, 11) is 0. The van der Waals surface area contributed by atoms with E-state index in [2.05, 4.69) is 26.5 Å². The molecule has 0 amide bonds. The van der Waals surface area contributed by atoms with E-state index in [9.17, 15) is 9.90 Å². The van der Waals surface area contributed by atoms with E-state index in [0.717, 1.165) is 44.1 Å². The molecular weight excluding hydrogens is 272 g/mol. The molecule has 0 radical (unpaired) electrons. The molecule has 22 heavy (non-hydrogen) atoms. The normalized spacial score (nSPS) is 34.9. The fourth-order valence-corrected chi connectivity index (χ4v) is 4.58. The topological polar surface area (TPSA) is 37.3 Å². The summed E-state index contributed by atoms with van der Waals surface area (Å²) in [6.45, 7) is 12.3. The van der Waals surface area contributed by atoms with Gasteiger partial charge in [0.1, 0.15) is 0 Å². The smallest absolute Gasteiger partial charge is 0.158 e. The van der Waals surface area contributed by atoms with Crippen LogP contribution < -0.4 is 0 Å². The maximum Gasteiger partial charge on any atom is 0.158 e. The Morgan fingerprint density at radius 1 is 1.32 bits per heavy atom. The molecule has 0 saturated heterocycles. The molecule has 0 aromatic heterocycles. The first-order chi connectivity index (χ1) is 10.1. The quantitative estimate of drug-likeness (QED) is 0.557. The van der Waals surface area contributed by atoms with Crippen LogP contribution in [0.15, 0.2) is 23.8 Å². The Hall–Kier alpha value is -0.890. The highest BCUT2D eigenvalue weighted by Gasteiger charge is 2.50. The zero-order chi connectivity index (χ0) is 16.5. The Morgan fingerprint density at radius 3 is 2.64 bits per heavy atom. The molecular formula is C20H32O2. The molecule has 1 saturated carbocycles. The van der Waals surface area contributed by atoms with Gasteiger partial charge in [-0.3, -0.25) is 4.79 Å². The van der Waals surface area contributed by atoms with Crippen LogP contribution in [-0.4, -0.2) is 16.5 Å². The summed E-state index contributed by atoms with van der Waals surface area (Å²) < 4.78 is 0. The summed E-state index contributed by atoms with van der Waals surface area (Å²) in [5.74, 6) is 0.926. The molecule has 0 aromatic rings. The van der Waals surface area contributed by atoms with Crippen molar-refractivity contribution in [3.8, 4) is 0 Å². The van der Waals surface area contributed by atoms with E-state index in [1.54, 1.807) is 0 Å². The van der Waals surface area contributed by atoms with Gasteiger partial charge in [-0.2, -0.15) is 0 Å². The van der Waals surface area contributed by atoms with Crippen LogP contribution in [0, 0.1) is 17.3 Å². The molecule has 2 nitrogen and oxygen atoms in total. The van der Waals surface area contributed by atoms with Crippen molar-refractivity contribution in [1.82, 2.24) is 0 Å². The second-order valence-corrected chi connectivity index (χ2v) is 8.39. The zero-order valence-electron chi connectivity index (χ0n) is 14.7. The lowest BCUT2D eigenvalue weighted by molar-refractivity contribution is -0.118. The first kappa shape index (κ1) is 17.5. The molecule has 1 fully saturated rings. The summed E-state index contributed by atoms with van der Waals surface area (Å²) in [6.07, 6.45) is 8.78. The van der Waals surface area contributed by atoms with E-state index >= 15 is 0 Å². The Kier molecular flexibility index (Phi) is 5.01. The van der Waals surface area contributed by atoms with Crippen LogP contribution in [0.1, 0.15) is 72.6 Å². The second kappa shape index (κ2) is 6.31. The largest absolute Gasteiger partial charge is 0.390 e. The number of aliphatic hydroxyl groups is 1. The first-order valence-corrected chi connectivity index (χ1v) is 8.72. The zero-order valence-corrected chi connectivity index (χ0v) is 14.7. The molecule has 0 aromatic carbocycles. The Balaban J connectivity index is 2.32. The average molecular weight is 304 g/mol. The van der Waals surface area contributed by atoms with Crippen LogP contribution in [0.5, 0.6) is 0 Å². The van der Waals surface area contributed by atoms with Crippen molar-refractivity contribution in [3.63, 3.8) is 0 Å². The number of Topliss-reactive ketones (excluding diaryl/α,β-unsaturated/α-hetero) is 1. The minimum atomic E-state index is -0.666. The summed E-state index contributed by atoms with van der Waals surface area (Å²) in [4.78, 5) is 12.5. The Labute approximate surface area is 135 Å². The Bertz CT molecular complexity index is 480. The molecule has 1 N–H and O–H groups in total. The maximum absolute atomic E-state index is 12.5. The van der Waals surface area contributed by atoms with Crippen molar-refractivity contribution in [2.45, 2.75) is 78.2 Å². The van der Waals surface area contributed by atoms with Gasteiger partial charge in [-0.05, 0) is 82.1 Å².